The minimum atomic E-state index is -0.477. The van der Waals surface area contributed by atoms with Gasteiger partial charge in [-0.25, -0.2) is 0 Å². The second-order valence-electron chi connectivity index (χ2n) is 17.5. The van der Waals surface area contributed by atoms with Gasteiger partial charge < -0.3 is 9.64 Å². The van der Waals surface area contributed by atoms with E-state index in [1.807, 2.05) is 0 Å². The Morgan fingerprint density at radius 3 is 1.68 bits per heavy atom. The first-order valence-corrected chi connectivity index (χ1v) is 21.2. The number of benzene rings is 8. The third-order valence-electron chi connectivity index (χ3n) is 14.2. The van der Waals surface area contributed by atoms with E-state index >= 15 is 0 Å². The van der Waals surface area contributed by atoms with Crippen molar-refractivity contribution in [2.45, 2.75) is 36.7 Å². The number of allylic oxidation sites excluding steroid dienone is 2. The highest BCUT2D eigenvalue weighted by atomic mass is 16.5. The predicted octanol–water partition coefficient (Wildman–Crippen LogP) is 14.4. The van der Waals surface area contributed by atoms with E-state index < -0.39 is 5.41 Å². The smallest absolute Gasteiger partial charge is 0.128 e. The van der Waals surface area contributed by atoms with Crippen molar-refractivity contribution in [1.29, 1.82) is 0 Å². The third kappa shape index (κ3) is 4.43. The Hall–Kier alpha value is -7.16. The molecule has 0 bridgehead atoms. The average molecular weight is 768 g/mol. The van der Waals surface area contributed by atoms with E-state index in [-0.39, 0.29) is 17.4 Å². The van der Waals surface area contributed by atoms with E-state index in [4.69, 9.17) is 4.74 Å². The molecular formula is C58H41NO. The lowest BCUT2D eigenvalue weighted by Gasteiger charge is -2.31. The summed E-state index contributed by atoms with van der Waals surface area (Å²) < 4.78 is 6.73. The lowest BCUT2D eigenvalue weighted by atomic mass is 9.70. The zero-order valence-electron chi connectivity index (χ0n) is 33.6. The molecule has 0 aromatic heterocycles. The van der Waals surface area contributed by atoms with Gasteiger partial charge in [0.2, 0.25) is 0 Å². The summed E-state index contributed by atoms with van der Waals surface area (Å²) in [6, 6.07) is 66.1. The summed E-state index contributed by atoms with van der Waals surface area (Å²) in [5.41, 5.74) is 22.3. The molecular weight excluding hydrogens is 727 g/mol. The molecule has 60 heavy (non-hydrogen) atoms. The lowest BCUT2D eigenvalue weighted by molar-refractivity contribution is 0.268. The van der Waals surface area contributed by atoms with Crippen molar-refractivity contribution in [3.8, 4) is 50.3 Å². The minimum Gasteiger partial charge on any atom is -0.485 e. The first-order valence-electron chi connectivity index (χ1n) is 21.2. The molecule has 5 aliphatic rings. The topological polar surface area (TPSA) is 12.5 Å². The van der Waals surface area contributed by atoms with Gasteiger partial charge in [0.25, 0.3) is 0 Å². The van der Waals surface area contributed by atoms with Crippen LogP contribution in [0.3, 0.4) is 0 Å². The molecule has 4 aliphatic carbocycles. The van der Waals surface area contributed by atoms with Crippen LogP contribution in [0.5, 0.6) is 5.75 Å². The molecule has 3 atom stereocenters. The molecule has 0 saturated carbocycles. The summed E-state index contributed by atoms with van der Waals surface area (Å²) in [4.78, 5) is 2.47. The summed E-state index contributed by atoms with van der Waals surface area (Å²) in [7, 11) is 0. The van der Waals surface area contributed by atoms with Gasteiger partial charge in [-0.05, 0) is 132 Å². The van der Waals surface area contributed by atoms with Crippen LogP contribution in [0.25, 0.3) is 44.5 Å². The fraction of sp³-hybridized carbons (Fsp3) is 0.103. The first-order chi connectivity index (χ1) is 29.5. The van der Waals surface area contributed by atoms with Crippen LogP contribution in [0, 0.1) is 0 Å². The summed E-state index contributed by atoms with van der Waals surface area (Å²) in [5.74, 6) is 1.23. The van der Waals surface area contributed by atoms with Crippen molar-refractivity contribution < 1.29 is 4.74 Å². The van der Waals surface area contributed by atoms with Crippen LogP contribution in [0.4, 0.5) is 17.1 Å². The molecule has 1 heterocycles. The lowest BCUT2D eigenvalue weighted by Crippen LogP contribution is -2.26. The van der Waals surface area contributed by atoms with Gasteiger partial charge >= 0.3 is 0 Å². The highest BCUT2D eigenvalue weighted by Gasteiger charge is 2.53. The van der Waals surface area contributed by atoms with E-state index in [1.165, 1.54) is 83.5 Å². The molecule has 3 unspecified atom stereocenters. The minimum absolute atomic E-state index is 0.0366. The quantitative estimate of drug-likeness (QED) is 0.177. The number of nitrogens with zero attached hydrogens (tertiary/aromatic N) is 1. The van der Waals surface area contributed by atoms with E-state index in [0.29, 0.717) is 0 Å². The molecule has 1 spiro atoms. The Balaban J connectivity index is 1.04. The second-order valence-corrected chi connectivity index (χ2v) is 17.5. The van der Waals surface area contributed by atoms with Gasteiger partial charge in [0.15, 0.2) is 0 Å². The maximum absolute atomic E-state index is 6.73. The Morgan fingerprint density at radius 1 is 0.417 bits per heavy atom. The summed E-state index contributed by atoms with van der Waals surface area (Å²) in [6.45, 7) is 4.71. The van der Waals surface area contributed by atoms with Crippen LogP contribution >= 0.6 is 0 Å². The normalized spacial score (nSPS) is 19.7. The van der Waals surface area contributed by atoms with E-state index in [9.17, 15) is 0 Å². The zero-order valence-corrected chi connectivity index (χ0v) is 33.6. The molecule has 13 rings (SSSR count). The number of rotatable bonds is 4. The fourth-order valence-electron chi connectivity index (χ4n) is 11.6. The molecule has 8 aromatic carbocycles. The zero-order chi connectivity index (χ0) is 39.7. The molecule has 1 aliphatic heterocycles. The van der Waals surface area contributed by atoms with Crippen molar-refractivity contribution >= 4 is 17.1 Å². The van der Waals surface area contributed by atoms with Crippen molar-refractivity contribution in [3.63, 3.8) is 0 Å². The predicted molar refractivity (Wildman–Crippen MR) is 246 cm³/mol. The fourth-order valence-corrected chi connectivity index (χ4v) is 11.6. The standard InChI is InChI=1S/C58H41NO/c1-57(2)49-23-10-6-19-41(49)45-32-39(27-29-50(45)57)59(38-18-14-17-37(31-38)36-15-4-3-5-16-36)40-28-30-53-46(33-40)42-20-7-11-24-51(42)58(53)52-25-12-8-21-43(52)47-34-48-44-22-9-13-26-55(44)60-56(48)35-54(47)58/h3-35,44,55H,1-2H3. The van der Waals surface area contributed by atoms with E-state index in [1.54, 1.807) is 0 Å². The van der Waals surface area contributed by atoms with Crippen molar-refractivity contribution in [2.75, 3.05) is 4.90 Å². The van der Waals surface area contributed by atoms with Gasteiger partial charge in [-0.15, -0.1) is 0 Å². The summed E-state index contributed by atoms with van der Waals surface area (Å²) in [5, 5.41) is 0. The van der Waals surface area contributed by atoms with Crippen LogP contribution in [-0.4, -0.2) is 6.10 Å². The molecule has 0 amide bonds. The van der Waals surface area contributed by atoms with Gasteiger partial charge in [-0.3, -0.25) is 0 Å². The number of hydrogen-bond acceptors (Lipinski definition) is 2. The summed E-state index contributed by atoms with van der Waals surface area (Å²) >= 11 is 0. The summed E-state index contributed by atoms with van der Waals surface area (Å²) in [6.07, 6.45) is 8.80. The van der Waals surface area contributed by atoms with Gasteiger partial charge in [0, 0.05) is 34.0 Å². The molecule has 2 nitrogen and oxygen atoms in total. The van der Waals surface area contributed by atoms with Crippen LogP contribution in [0.2, 0.25) is 0 Å². The van der Waals surface area contributed by atoms with E-state index in [0.717, 1.165) is 22.8 Å². The number of hydrogen-bond donors (Lipinski definition) is 0. The van der Waals surface area contributed by atoms with Crippen molar-refractivity contribution in [2.24, 2.45) is 0 Å². The molecule has 0 N–H and O–H groups in total. The van der Waals surface area contributed by atoms with Gasteiger partial charge in [-0.2, -0.15) is 0 Å². The maximum Gasteiger partial charge on any atom is 0.128 e. The number of anilines is 3. The largest absolute Gasteiger partial charge is 0.485 e. The van der Waals surface area contributed by atoms with Gasteiger partial charge in [0.05, 0.1) is 5.41 Å². The van der Waals surface area contributed by atoms with Crippen molar-refractivity contribution in [3.05, 3.63) is 239 Å². The Kier molecular flexibility index (Phi) is 6.86. The van der Waals surface area contributed by atoms with Crippen LogP contribution in [0.15, 0.2) is 200 Å². The molecule has 8 aromatic rings. The number of fused-ring (bicyclic) bond motifs is 16. The maximum atomic E-state index is 6.73. The average Bonchev–Trinajstić information content (AvgIpc) is 3.98. The van der Waals surface area contributed by atoms with Crippen LogP contribution in [0.1, 0.15) is 58.7 Å². The highest BCUT2D eigenvalue weighted by Crippen LogP contribution is 2.65. The highest BCUT2D eigenvalue weighted by molar-refractivity contribution is 5.97. The Bertz CT molecular complexity index is 3190. The monoisotopic (exact) mass is 767 g/mol. The van der Waals surface area contributed by atoms with Crippen LogP contribution < -0.4 is 9.64 Å². The Labute approximate surface area is 351 Å². The molecule has 0 fully saturated rings. The Morgan fingerprint density at radius 2 is 0.950 bits per heavy atom. The molecule has 2 heteroatoms. The van der Waals surface area contributed by atoms with Crippen molar-refractivity contribution in [1.82, 2.24) is 0 Å². The third-order valence-corrected chi connectivity index (χ3v) is 14.2. The van der Waals surface area contributed by atoms with Crippen LogP contribution in [-0.2, 0) is 10.8 Å². The number of ether oxygens (including phenoxy) is 1. The SMILES string of the molecule is CC1(C)c2ccccc2-c2cc(N(c3cccc(-c4ccccc4)c3)c3ccc4c(c3)-c3ccccc3C43c4ccccc4-c4cc5c(cc43)OC3C=CC=CC53)ccc21. The van der Waals surface area contributed by atoms with Gasteiger partial charge in [0.1, 0.15) is 11.9 Å². The van der Waals surface area contributed by atoms with Gasteiger partial charge in [-0.1, -0.05) is 159 Å². The first kappa shape index (κ1) is 33.8. The molecule has 284 valence electrons. The molecule has 0 saturated heterocycles. The van der Waals surface area contributed by atoms with E-state index in [2.05, 4.69) is 219 Å². The molecule has 0 radical (unpaired) electrons. The second kappa shape index (κ2) is 12.2.